The molecule has 5 nitrogen and oxygen atoms in total. The number of benzene rings is 3. The molecule has 0 bridgehead atoms. The summed E-state index contributed by atoms with van der Waals surface area (Å²) in [5.41, 5.74) is 2.71. The van der Waals surface area contributed by atoms with Crippen molar-refractivity contribution in [3.8, 4) is 11.5 Å². The van der Waals surface area contributed by atoms with Crippen LogP contribution in [0, 0.1) is 6.92 Å². The van der Waals surface area contributed by atoms with Crippen molar-refractivity contribution < 1.29 is 17.9 Å². The number of rotatable bonds is 8. The summed E-state index contributed by atoms with van der Waals surface area (Å²) >= 11 is 6.05. The molecule has 0 aliphatic carbocycles. The molecule has 1 atom stereocenters. The molecule has 3 rings (SSSR count). The summed E-state index contributed by atoms with van der Waals surface area (Å²) in [6.07, 6.45) is 0. The molecule has 0 spiro atoms. The lowest BCUT2D eigenvalue weighted by atomic mass is 9.90. The molecule has 0 heterocycles. The van der Waals surface area contributed by atoms with Crippen molar-refractivity contribution >= 4 is 21.6 Å². The van der Waals surface area contributed by atoms with Crippen molar-refractivity contribution in [1.82, 2.24) is 4.72 Å². The van der Waals surface area contributed by atoms with Gasteiger partial charge in [0.1, 0.15) is 11.5 Å². The van der Waals surface area contributed by atoms with E-state index in [2.05, 4.69) is 4.72 Å². The van der Waals surface area contributed by atoms with Crippen molar-refractivity contribution in [2.45, 2.75) is 17.7 Å². The second-order valence-electron chi connectivity index (χ2n) is 6.88. The molecular formula is C23H24ClNO4S. The molecule has 0 amide bonds. The van der Waals surface area contributed by atoms with Crippen molar-refractivity contribution in [2.75, 3.05) is 20.8 Å². The maximum Gasteiger partial charge on any atom is 0.240 e. The van der Waals surface area contributed by atoms with Crippen LogP contribution in [0.4, 0.5) is 0 Å². The Bertz CT molecular complexity index is 1100. The van der Waals surface area contributed by atoms with Crippen LogP contribution >= 0.6 is 11.6 Å². The molecule has 7 heteroatoms. The first kappa shape index (κ1) is 22.2. The largest absolute Gasteiger partial charge is 0.497 e. The maximum absolute atomic E-state index is 12.9. The third kappa shape index (κ3) is 5.14. The Labute approximate surface area is 182 Å². The van der Waals surface area contributed by atoms with Crippen LogP contribution in [0.3, 0.4) is 0 Å². The van der Waals surface area contributed by atoms with Crippen LogP contribution in [-0.2, 0) is 10.0 Å². The van der Waals surface area contributed by atoms with E-state index in [0.29, 0.717) is 16.5 Å². The Morgan fingerprint density at radius 3 is 2.20 bits per heavy atom. The van der Waals surface area contributed by atoms with Gasteiger partial charge in [-0.15, -0.1) is 0 Å². The Morgan fingerprint density at radius 1 is 0.933 bits per heavy atom. The number of hydrogen-bond donors (Lipinski definition) is 1. The van der Waals surface area contributed by atoms with Gasteiger partial charge in [-0.1, -0.05) is 41.4 Å². The third-order valence-electron chi connectivity index (χ3n) is 4.89. The van der Waals surface area contributed by atoms with Gasteiger partial charge in [0.15, 0.2) is 0 Å². The van der Waals surface area contributed by atoms with Crippen LogP contribution in [0.15, 0.2) is 71.6 Å². The Balaban J connectivity index is 1.99. The minimum absolute atomic E-state index is 0.140. The normalized spacial score (nSPS) is 12.4. The van der Waals surface area contributed by atoms with E-state index in [-0.39, 0.29) is 17.4 Å². The van der Waals surface area contributed by atoms with Gasteiger partial charge in [0.25, 0.3) is 0 Å². The first-order valence-corrected chi connectivity index (χ1v) is 11.2. The fourth-order valence-corrected chi connectivity index (χ4v) is 4.38. The molecule has 0 radical (unpaired) electrons. The zero-order valence-electron chi connectivity index (χ0n) is 17.1. The lowest BCUT2D eigenvalue weighted by Gasteiger charge is -2.22. The van der Waals surface area contributed by atoms with E-state index in [9.17, 15) is 8.42 Å². The highest BCUT2D eigenvalue weighted by Crippen LogP contribution is 2.35. The van der Waals surface area contributed by atoms with E-state index in [1.54, 1.807) is 56.7 Å². The highest BCUT2D eigenvalue weighted by molar-refractivity contribution is 7.89. The Morgan fingerprint density at radius 2 is 1.60 bits per heavy atom. The molecule has 0 fully saturated rings. The number of sulfonamides is 1. The van der Waals surface area contributed by atoms with Crippen LogP contribution in [-0.4, -0.2) is 29.2 Å². The van der Waals surface area contributed by atoms with Crippen LogP contribution in [0.1, 0.15) is 22.6 Å². The van der Waals surface area contributed by atoms with E-state index >= 15 is 0 Å². The Hall–Kier alpha value is -2.54. The highest BCUT2D eigenvalue weighted by Gasteiger charge is 2.23. The van der Waals surface area contributed by atoms with Crippen molar-refractivity contribution in [2.24, 2.45) is 0 Å². The van der Waals surface area contributed by atoms with Crippen LogP contribution in [0.25, 0.3) is 0 Å². The summed E-state index contributed by atoms with van der Waals surface area (Å²) in [6, 6.07) is 19.5. The first-order chi connectivity index (χ1) is 14.3. The van der Waals surface area contributed by atoms with Gasteiger partial charge in [0.05, 0.1) is 19.1 Å². The summed E-state index contributed by atoms with van der Waals surface area (Å²) in [7, 11) is -0.509. The topological polar surface area (TPSA) is 64.6 Å². The van der Waals surface area contributed by atoms with Crippen LogP contribution in [0.2, 0.25) is 5.02 Å². The number of hydrogen-bond acceptors (Lipinski definition) is 4. The minimum Gasteiger partial charge on any atom is -0.497 e. The van der Waals surface area contributed by atoms with E-state index < -0.39 is 10.0 Å². The zero-order chi connectivity index (χ0) is 21.7. The zero-order valence-corrected chi connectivity index (χ0v) is 18.6. The molecule has 0 saturated carbocycles. The molecule has 1 unspecified atom stereocenters. The van der Waals surface area contributed by atoms with Gasteiger partial charge in [-0.25, -0.2) is 13.1 Å². The second-order valence-corrected chi connectivity index (χ2v) is 9.08. The summed E-state index contributed by atoms with van der Waals surface area (Å²) in [6.45, 7) is 2.05. The van der Waals surface area contributed by atoms with E-state index in [0.717, 1.165) is 16.7 Å². The fraction of sp³-hybridized carbons (Fsp3) is 0.217. The number of halogens is 1. The molecule has 1 N–H and O–H groups in total. The van der Waals surface area contributed by atoms with Crippen LogP contribution in [0.5, 0.6) is 11.5 Å². The lowest BCUT2D eigenvalue weighted by molar-refractivity contribution is 0.396. The summed E-state index contributed by atoms with van der Waals surface area (Å²) in [5.74, 6) is 0.990. The van der Waals surface area contributed by atoms with Gasteiger partial charge in [-0.2, -0.15) is 0 Å². The van der Waals surface area contributed by atoms with Gasteiger partial charge >= 0.3 is 0 Å². The summed E-state index contributed by atoms with van der Waals surface area (Å²) in [4.78, 5) is 0.223. The van der Waals surface area contributed by atoms with Crippen LogP contribution < -0.4 is 14.2 Å². The molecule has 0 aliphatic heterocycles. The van der Waals surface area contributed by atoms with Gasteiger partial charge in [-0.3, -0.25) is 0 Å². The molecule has 0 aromatic heterocycles. The van der Waals surface area contributed by atoms with E-state index in [4.69, 9.17) is 21.1 Å². The molecule has 3 aromatic rings. The van der Waals surface area contributed by atoms with E-state index in [1.165, 1.54) is 0 Å². The van der Waals surface area contributed by atoms with Crippen molar-refractivity contribution in [1.29, 1.82) is 0 Å². The minimum atomic E-state index is -3.68. The monoisotopic (exact) mass is 445 g/mol. The number of nitrogens with one attached hydrogen (secondary N) is 1. The maximum atomic E-state index is 12.9. The standard InChI is InChI=1S/C23H24ClNO4S/c1-16-4-11-20(12-5-16)30(26,27)25-15-22(17-6-8-18(24)9-7-17)21-14-19(28-2)10-13-23(21)29-3/h4-14,22,25H,15H2,1-3H3. The molecule has 3 aromatic carbocycles. The molecular weight excluding hydrogens is 422 g/mol. The molecule has 0 saturated heterocycles. The summed E-state index contributed by atoms with van der Waals surface area (Å²) < 4.78 is 39.4. The third-order valence-corrected chi connectivity index (χ3v) is 6.58. The molecule has 0 aliphatic rings. The van der Waals surface area contributed by atoms with E-state index in [1.807, 2.05) is 31.2 Å². The first-order valence-electron chi connectivity index (χ1n) is 9.38. The number of methoxy groups -OCH3 is 2. The highest BCUT2D eigenvalue weighted by atomic mass is 35.5. The molecule has 30 heavy (non-hydrogen) atoms. The average molecular weight is 446 g/mol. The van der Waals surface area contributed by atoms with Gasteiger partial charge in [0, 0.05) is 23.0 Å². The smallest absolute Gasteiger partial charge is 0.240 e. The van der Waals surface area contributed by atoms with Gasteiger partial charge in [-0.05, 0) is 55.0 Å². The quantitative estimate of drug-likeness (QED) is 0.542. The Kier molecular flexibility index (Phi) is 7.02. The van der Waals surface area contributed by atoms with Crippen molar-refractivity contribution in [3.05, 3.63) is 88.4 Å². The summed E-state index contributed by atoms with van der Waals surface area (Å²) in [5, 5.41) is 0.607. The average Bonchev–Trinajstić information content (AvgIpc) is 2.75. The van der Waals surface area contributed by atoms with Gasteiger partial charge in [0.2, 0.25) is 10.0 Å². The number of ether oxygens (including phenoxy) is 2. The number of aryl methyl sites for hydroxylation is 1. The second kappa shape index (κ2) is 9.51. The van der Waals surface area contributed by atoms with Gasteiger partial charge < -0.3 is 9.47 Å². The SMILES string of the molecule is COc1ccc(OC)c(C(CNS(=O)(=O)c2ccc(C)cc2)c2ccc(Cl)cc2)c1. The molecule has 158 valence electrons. The predicted molar refractivity (Wildman–Crippen MR) is 119 cm³/mol. The predicted octanol–water partition coefficient (Wildman–Crippen LogP) is 4.78. The fourth-order valence-electron chi connectivity index (χ4n) is 3.21. The lowest BCUT2D eigenvalue weighted by Crippen LogP contribution is -2.29. The van der Waals surface area contributed by atoms with Crippen molar-refractivity contribution in [3.63, 3.8) is 0 Å².